The molecule has 0 bridgehead atoms. The minimum absolute atomic E-state index is 0.0518. The Morgan fingerprint density at radius 1 is 1.08 bits per heavy atom. The van der Waals surface area contributed by atoms with Gasteiger partial charge in [-0.15, -0.1) is 0 Å². The van der Waals surface area contributed by atoms with E-state index in [1.807, 2.05) is 0 Å². The smallest absolute Gasteiger partial charge is 0.105 e. The quantitative estimate of drug-likeness (QED) is 0.286. The van der Waals surface area contributed by atoms with Crippen LogP contribution in [-0.2, 0) is 0 Å². The first kappa shape index (κ1) is 12.1. The van der Waals surface area contributed by atoms with Gasteiger partial charge in [-0.05, 0) is 13.1 Å². The summed E-state index contributed by atoms with van der Waals surface area (Å²) in [5.74, 6) is 0. The molecule has 3 N–H and O–H groups in total. The van der Waals surface area contributed by atoms with Crippen molar-refractivity contribution in [2.75, 3.05) is 13.1 Å². The molecule has 0 aromatic heterocycles. The van der Waals surface area contributed by atoms with Crippen LogP contribution >= 0.6 is 0 Å². The van der Waals surface area contributed by atoms with E-state index in [1.165, 1.54) is 12.5 Å². The molecule has 0 aliphatic heterocycles. The minimum atomic E-state index is -0.0518. The summed E-state index contributed by atoms with van der Waals surface area (Å²) in [6, 6.07) is 1.38. The Balaban J connectivity index is 3.34. The van der Waals surface area contributed by atoms with Crippen molar-refractivity contribution in [3.05, 3.63) is 0 Å². The maximum atomic E-state index is 3.54. The fourth-order valence-corrected chi connectivity index (χ4v) is 2.18. The zero-order valence-corrected chi connectivity index (χ0v) is 10.0. The predicted octanol–water partition coefficient (Wildman–Crippen LogP) is -0.00930. The van der Waals surface area contributed by atoms with E-state index in [4.69, 9.17) is 0 Å². The Morgan fingerprint density at radius 2 is 1.67 bits per heavy atom. The first-order valence-electron chi connectivity index (χ1n) is 5.05. The van der Waals surface area contributed by atoms with Crippen LogP contribution in [0, 0.1) is 0 Å². The second-order valence-electron chi connectivity index (χ2n) is 2.86. The summed E-state index contributed by atoms with van der Waals surface area (Å²) in [6.45, 7) is 8.54. The van der Waals surface area contributed by atoms with Crippen LogP contribution in [-0.4, -0.2) is 29.1 Å². The normalized spacial score (nSPS) is 12.0. The van der Waals surface area contributed by atoms with Gasteiger partial charge in [0.15, 0.2) is 0 Å². The Bertz CT molecular complexity index is 84.4. The van der Waals surface area contributed by atoms with Crippen LogP contribution in [0.1, 0.15) is 27.2 Å². The summed E-state index contributed by atoms with van der Waals surface area (Å²) in [5, 5.41) is 6.71. The van der Waals surface area contributed by atoms with Gasteiger partial charge >= 0.3 is 0 Å². The van der Waals surface area contributed by atoms with E-state index >= 15 is 0 Å². The van der Waals surface area contributed by atoms with Crippen molar-refractivity contribution in [1.29, 1.82) is 0 Å². The molecular formula is C8H23N3Si. The number of hydrogen-bond acceptors (Lipinski definition) is 3. The lowest BCUT2D eigenvalue weighted by atomic mass is 10.6. The molecule has 0 saturated heterocycles. The van der Waals surface area contributed by atoms with Gasteiger partial charge in [-0.1, -0.05) is 33.2 Å². The van der Waals surface area contributed by atoms with E-state index in [9.17, 15) is 0 Å². The van der Waals surface area contributed by atoms with Crippen LogP contribution in [0.25, 0.3) is 0 Å². The van der Waals surface area contributed by atoms with Gasteiger partial charge in [-0.2, -0.15) is 0 Å². The van der Waals surface area contributed by atoms with Gasteiger partial charge in [0.05, 0.1) is 9.68 Å². The largest absolute Gasteiger partial charge is 0.316 e. The van der Waals surface area contributed by atoms with Gasteiger partial charge in [-0.3, -0.25) is 10.6 Å². The van der Waals surface area contributed by atoms with E-state index in [0.717, 1.165) is 13.1 Å². The van der Waals surface area contributed by atoms with Gasteiger partial charge in [0.2, 0.25) is 0 Å². The molecule has 0 heterocycles. The van der Waals surface area contributed by atoms with Crippen LogP contribution in [0.4, 0.5) is 0 Å². The third kappa shape index (κ3) is 6.79. The van der Waals surface area contributed by atoms with Crippen molar-refractivity contribution in [2.45, 2.75) is 39.5 Å². The highest BCUT2D eigenvalue weighted by Gasteiger charge is 2.01. The zero-order valence-electron chi connectivity index (χ0n) is 8.61. The van der Waals surface area contributed by atoms with Crippen molar-refractivity contribution in [3.8, 4) is 0 Å². The molecule has 0 aromatic rings. The Kier molecular flexibility index (Phi) is 9.26. The van der Waals surface area contributed by atoms with Crippen molar-refractivity contribution in [2.24, 2.45) is 0 Å². The summed E-state index contributed by atoms with van der Waals surface area (Å²) in [7, 11) is -0.0518. The van der Waals surface area contributed by atoms with E-state index in [2.05, 4.69) is 36.4 Å². The first-order chi connectivity index (χ1) is 5.85. The fourth-order valence-electron chi connectivity index (χ4n) is 1.05. The van der Waals surface area contributed by atoms with Crippen LogP contribution in [0.15, 0.2) is 0 Å². The van der Waals surface area contributed by atoms with Gasteiger partial charge in [0.25, 0.3) is 0 Å². The van der Waals surface area contributed by atoms with Crippen LogP contribution in [0.3, 0.4) is 0 Å². The molecule has 0 rings (SSSR count). The third-order valence-electron chi connectivity index (χ3n) is 1.70. The van der Waals surface area contributed by atoms with Crippen molar-refractivity contribution < 1.29 is 0 Å². The summed E-state index contributed by atoms with van der Waals surface area (Å²) < 4.78 is 0. The van der Waals surface area contributed by atoms with Crippen molar-refractivity contribution in [3.63, 3.8) is 0 Å². The average molecular weight is 189 g/mol. The molecule has 0 aliphatic rings. The standard InChI is InChI=1S/C8H23N3Si/c1-4-7-12-11-8(9-5-2)10-6-3/h8-11H,4-7,12H2,1-3H3. The third-order valence-corrected chi connectivity index (χ3v) is 3.45. The summed E-state index contributed by atoms with van der Waals surface area (Å²) in [6.07, 6.45) is 1.66. The molecule has 0 saturated carbocycles. The van der Waals surface area contributed by atoms with Gasteiger partial charge in [0.1, 0.15) is 6.29 Å². The molecule has 0 amide bonds. The molecule has 0 fully saturated rings. The SMILES string of the molecule is CCC[SiH2]NC(NCC)NCC. The minimum Gasteiger partial charge on any atom is -0.316 e. The molecule has 0 atom stereocenters. The van der Waals surface area contributed by atoms with E-state index < -0.39 is 0 Å². The predicted molar refractivity (Wildman–Crippen MR) is 57.9 cm³/mol. The molecule has 12 heavy (non-hydrogen) atoms. The number of rotatable bonds is 8. The second kappa shape index (κ2) is 9.19. The van der Waals surface area contributed by atoms with Crippen LogP contribution < -0.4 is 15.6 Å². The Labute approximate surface area is 78.6 Å². The van der Waals surface area contributed by atoms with E-state index in [-0.39, 0.29) is 9.68 Å². The van der Waals surface area contributed by atoms with Crippen LogP contribution in [0.5, 0.6) is 0 Å². The highest BCUT2D eigenvalue weighted by Crippen LogP contribution is 1.82. The highest BCUT2D eigenvalue weighted by molar-refractivity contribution is 6.32. The van der Waals surface area contributed by atoms with Crippen molar-refractivity contribution in [1.82, 2.24) is 15.6 Å². The molecular weight excluding hydrogens is 166 g/mol. The van der Waals surface area contributed by atoms with Crippen LogP contribution in [0.2, 0.25) is 6.04 Å². The maximum Gasteiger partial charge on any atom is 0.105 e. The lowest BCUT2D eigenvalue weighted by Crippen LogP contribution is -2.53. The molecule has 3 nitrogen and oxygen atoms in total. The Morgan fingerprint density at radius 3 is 2.08 bits per heavy atom. The molecule has 0 radical (unpaired) electrons. The zero-order chi connectivity index (χ0) is 9.23. The first-order valence-corrected chi connectivity index (χ1v) is 6.76. The molecule has 74 valence electrons. The average Bonchev–Trinajstić information content (AvgIpc) is 2.06. The molecule has 0 unspecified atom stereocenters. The maximum absolute atomic E-state index is 3.54. The number of nitrogens with one attached hydrogen (secondary N) is 3. The van der Waals surface area contributed by atoms with Crippen molar-refractivity contribution >= 4 is 9.68 Å². The molecule has 4 heteroatoms. The van der Waals surface area contributed by atoms with Gasteiger partial charge in [0, 0.05) is 0 Å². The number of hydrogen-bond donors (Lipinski definition) is 3. The Hall–Kier alpha value is 0.0969. The van der Waals surface area contributed by atoms with E-state index in [1.54, 1.807) is 0 Å². The fraction of sp³-hybridized carbons (Fsp3) is 1.00. The topological polar surface area (TPSA) is 36.1 Å². The lowest BCUT2D eigenvalue weighted by Gasteiger charge is -2.19. The summed E-state index contributed by atoms with van der Waals surface area (Å²) in [5.41, 5.74) is 0. The second-order valence-corrected chi connectivity index (χ2v) is 4.47. The summed E-state index contributed by atoms with van der Waals surface area (Å²) >= 11 is 0. The molecule has 0 aliphatic carbocycles. The van der Waals surface area contributed by atoms with Gasteiger partial charge < -0.3 is 4.98 Å². The highest BCUT2D eigenvalue weighted by atomic mass is 28.2. The summed E-state index contributed by atoms with van der Waals surface area (Å²) in [4.78, 5) is 3.54. The lowest BCUT2D eigenvalue weighted by molar-refractivity contribution is 0.425. The van der Waals surface area contributed by atoms with E-state index in [0.29, 0.717) is 6.29 Å². The molecule has 0 spiro atoms. The molecule has 0 aromatic carbocycles. The monoisotopic (exact) mass is 189 g/mol. The van der Waals surface area contributed by atoms with Gasteiger partial charge in [-0.25, -0.2) is 0 Å².